The molecule has 1 heterocycles. The van der Waals surface area contributed by atoms with E-state index in [9.17, 15) is 19.2 Å². The maximum Gasteiger partial charge on any atom is 0.354 e. The Morgan fingerprint density at radius 3 is 2.31 bits per heavy atom. The number of nitrogens with one attached hydrogen (secondary N) is 2. The average molecular weight is 488 g/mol. The summed E-state index contributed by atoms with van der Waals surface area (Å²) in [6.45, 7) is 9.02. The van der Waals surface area contributed by atoms with Crippen molar-refractivity contribution in [2.75, 3.05) is 5.32 Å². The molecule has 0 spiro atoms. The number of esters is 1. The predicted molar refractivity (Wildman–Crippen MR) is 135 cm³/mol. The first-order valence-corrected chi connectivity index (χ1v) is 12.0. The molecule has 8 nitrogen and oxygen atoms in total. The molecule has 0 unspecified atom stereocenters. The summed E-state index contributed by atoms with van der Waals surface area (Å²) in [6.07, 6.45) is 4.58. The van der Waals surface area contributed by atoms with Gasteiger partial charge in [-0.1, -0.05) is 43.8 Å². The second kappa shape index (κ2) is 10.6. The minimum Gasteiger partial charge on any atom is -0.458 e. The topological polar surface area (TPSA) is 105 Å². The van der Waals surface area contributed by atoms with E-state index < -0.39 is 11.9 Å². The van der Waals surface area contributed by atoms with Crippen molar-refractivity contribution < 1.29 is 23.9 Å². The summed E-state index contributed by atoms with van der Waals surface area (Å²) in [5, 5.41) is 5.15. The zero-order valence-electron chi connectivity index (χ0n) is 20.3. The Kier molecular flexibility index (Phi) is 7.33. The van der Waals surface area contributed by atoms with Gasteiger partial charge in [0.05, 0.1) is 6.54 Å². The molecule has 0 bridgehead atoms. The lowest BCUT2D eigenvalue weighted by atomic mass is 9.97. The van der Waals surface area contributed by atoms with Gasteiger partial charge in [0.2, 0.25) is 5.91 Å². The van der Waals surface area contributed by atoms with E-state index in [0.717, 1.165) is 48.8 Å². The first-order chi connectivity index (χ1) is 17.2. The van der Waals surface area contributed by atoms with Gasteiger partial charge in [-0.25, -0.2) is 4.79 Å². The van der Waals surface area contributed by atoms with E-state index in [4.69, 9.17) is 4.74 Å². The van der Waals surface area contributed by atoms with Gasteiger partial charge in [0, 0.05) is 18.2 Å². The molecule has 2 N–H and O–H groups in total. The van der Waals surface area contributed by atoms with Crippen molar-refractivity contribution in [1.82, 2.24) is 10.2 Å². The molecule has 1 aliphatic heterocycles. The highest BCUT2D eigenvalue weighted by Gasteiger charge is 2.34. The van der Waals surface area contributed by atoms with E-state index in [1.54, 1.807) is 24.3 Å². The van der Waals surface area contributed by atoms with Gasteiger partial charge in [-0.3, -0.25) is 19.3 Å². The van der Waals surface area contributed by atoms with Crippen LogP contribution in [-0.2, 0) is 25.7 Å². The fourth-order valence-corrected chi connectivity index (χ4v) is 4.55. The number of ether oxygens (including phenoxy) is 1. The number of carbonyl (C=O) groups is 4. The number of fused-ring (bicyclic) bond motifs is 1. The molecule has 2 aliphatic rings. The lowest BCUT2D eigenvalue weighted by Crippen LogP contribution is -2.36. The summed E-state index contributed by atoms with van der Waals surface area (Å²) in [5.74, 6) is -1.88. The highest BCUT2D eigenvalue weighted by Crippen LogP contribution is 2.34. The second-order valence-electron chi connectivity index (χ2n) is 9.03. The maximum atomic E-state index is 13.1. The van der Waals surface area contributed by atoms with Crippen molar-refractivity contribution in [2.24, 2.45) is 0 Å². The molecule has 0 aromatic heterocycles. The standard InChI is InChI=1S/C28H29N3O5/c1-17(28(35)36-22-8-5-4-6-9-22)29-26(33)18(2)31-16-25-23(10-7-11-24(25)27(31)34)20-12-14-21(15-13-20)30-19(3)32/h7,10-15,22H,1-2,4-6,8-9,16H2,3H3,(H,29,33)(H,30,32). The van der Waals surface area contributed by atoms with Crippen LogP contribution in [0.25, 0.3) is 11.1 Å². The SMILES string of the molecule is C=C(NC(=O)C(=C)N1Cc2c(cccc2-c2ccc(NC(C)=O)cc2)C1=O)C(=O)OC1CCCCC1. The minimum absolute atomic E-state index is 0.0882. The Morgan fingerprint density at radius 1 is 0.972 bits per heavy atom. The number of benzene rings is 2. The van der Waals surface area contributed by atoms with Crippen LogP contribution in [0.5, 0.6) is 0 Å². The van der Waals surface area contributed by atoms with Gasteiger partial charge < -0.3 is 15.4 Å². The van der Waals surface area contributed by atoms with E-state index in [0.29, 0.717) is 11.3 Å². The van der Waals surface area contributed by atoms with Gasteiger partial charge in [-0.2, -0.15) is 0 Å². The molecular weight excluding hydrogens is 458 g/mol. The number of hydrogen-bond acceptors (Lipinski definition) is 5. The van der Waals surface area contributed by atoms with Crippen LogP contribution in [0, 0.1) is 0 Å². The molecule has 36 heavy (non-hydrogen) atoms. The maximum absolute atomic E-state index is 13.1. The van der Waals surface area contributed by atoms with Gasteiger partial charge in [0.1, 0.15) is 17.5 Å². The third-order valence-electron chi connectivity index (χ3n) is 6.41. The zero-order chi connectivity index (χ0) is 25.8. The minimum atomic E-state index is -0.692. The van der Waals surface area contributed by atoms with Crippen LogP contribution < -0.4 is 10.6 Å². The number of rotatable bonds is 7. The average Bonchev–Trinajstić information content (AvgIpc) is 3.20. The molecule has 1 fully saturated rings. The van der Waals surface area contributed by atoms with Crippen LogP contribution in [0.15, 0.2) is 67.0 Å². The molecule has 3 amide bonds. The number of carbonyl (C=O) groups excluding carboxylic acids is 4. The summed E-state index contributed by atoms with van der Waals surface area (Å²) in [4.78, 5) is 50.8. The molecule has 1 aliphatic carbocycles. The highest BCUT2D eigenvalue weighted by atomic mass is 16.5. The first-order valence-electron chi connectivity index (χ1n) is 12.0. The van der Waals surface area contributed by atoms with Crippen molar-refractivity contribution in [1.29, 1.82) is 0 Å². The number of amides is 3. The molecule has 4 rings (SSSR count). The summed E-state index contributed by atoms with van der Waals surface area (Å²) in [6, 6.07) is 12.7. The predicted octanol–water partition coefficient (Wildman–Crippen LogP) is 4.29. The Hall–Kier alpha value is -4.20. The molecule has 8 heteroatoms. The third-order valence-corrected chi connectivity index (χ3v) is 6.41. The fourth-order valence-electron chi connectivity index (χ4n) is 4.55. The Morgan fingerprint density at radius 2 is 1.64 bits per heavy atom. The van der Waals surface area contributed by atoms with Crippen molar-refractivity contribution in [3.63, 3.8) is 0 Å². The van der Waals surface area contributed by atoms with E-state index in [-0.39, 0.29) is 35.9 Å². The highest BCUT2D eigenvalue weighted by molar-refractivity contribution is 6.08. The van der Waals surface area contributed by atoms with Crippen LogP contribution in [0.4, 0.5) is 5.69 Å². The van der Waals surface area contributed by atoms with Crippen molar-refractivity contribution >= 4 is 29.4 Å². The number of hydrogen-bond donors (Lipinski definition) is 2. The fraction of sp³-hybridized carbons (Fsp3) is 0.286. The summed E-state index contributed by atoms with van der Waals surface area (Å²) < 4.78 is 5.44. The van der Waals surface area contributed by atoms with E-state index >= 15 is 0 Å². The van der Waals surface area contributed by atoms with Crippen LogP contribution in [0.3, 0.4) is 0 Å². The monoisotopic (exact) mass is 487 g/mol. The number of anilines is 1. The van der Waals surface area contributed by atoms with Crippen molar-refractivity contribution in [3.05, 3.63) is 78.1 Å². The summed E-state index contributed by atoms with van der Waals surface area (Å²) in [7, 11) is 0. The lowest BCUT2D eigenvalue weighted by Gasteiger charge is -2.23. The largest absolute Gasteiger partial charge is 0.458 e. The normalized spacial score (nSPS) is 15.1. The van der Waals surface area contributed by atoms with Crippen molar-refractivity contribution in [2.45, 2.75) is 51.7 Å². The van der Waals surface area contributed by atoms with Gasteiger partial charge in [0.25, 0.3) is 11.8 Å². The molecular formula is C28H29N3O5. The summed E-state index contributed by atoms with van der Waals surface area (Å²) in [5.41, 5.74) is 3.34. The molecule has 0 radical (unpaired) electrons. The van der Waals surface area contributed by atoms with Gasteiger partial charge in [-0.05, 0) is 60.6 Å². The molecule has 1 saturated carbocycles. The van der Waals surface area contributed by atoms with Gasteiger partial charge in [-0.15, -0.1) is 0 Å². The molecule has 0 saturated heterocycles. The lowest BCUT2D eigenvalue weighted by molar-refractivity contribution is -0.146. The third kappa shape index (κ3) is 5.38. The number of nitrogens with zero attached hydrogens (tertiary/aromatic N) is 1. The molecule has 0 atom stereocenters. The van der Waals surface area contributed by atoms with Crippen molar-refractivity contribution in [3.8, 4) is 11.1 Å². The van der Waals surface area contributed by atoms with Crippen LogP contribution in [-0.4, -0.2) is 34.7 Å². The van der Waals surface area contributed by atoms with Crippen LogP contribution >= 0.6 is 0 Å². The zero-order valence-corrected chi connectivity index (χ0v) is 20.3. The molecule has 2 aromatic carbocycles. The van der Waals surface area contributed by atoms with Gasteiger partial charge in [0.15, 0.2) is 0 Å². The molecule has 2 aromatic rings. The summed E-state index contributed by atoms with van der Waals surface area (Å²) >= 11 is 0. The Bertz CT molecular complexity index is 1240. The van der Waals surface area contributed by atoms with E-state index in [2.05, 4.69) is 23.8 Å². The van der Waals surface area contributed by atoms with Crippen LogP contribution in [0.1, 0.15) is 54.9 Å². The van der Waals surface area contributed by atoms with E-state index in [1.165, 1.54) is 11.8 Å². The Balaban J connectivity index is 1.43. The quantitative estimate of drug-likeness (QED) is 0.448. The van der Waals surface area contributed by atoms with E-state index in [1.807, 2.05) is 18.2 Å². The van der Waals surface area contributed by atoms with Crippen LogP contribution in [0.2, 0.25) is 0 Å². The molecule has 186 valence electrons. The second-order valence-corrected chi connectivity index (χ2v) is 9.03. The smallest absolute Gasteiger partial charge is 0.354 e. The Labute approximate surface area is 210 Å². The first kappa shape index (κ1) is 24.9. The van der Waals surface area contributed by atoms with Gasteiger partial charge >= 0.3 is 5.97 Å².